The highest BCUT2D eigenvalue weighted by molar-refractivity contribution is 5.83. The summed E-state index contributed by atoms with van der Waals surface area (Å²) in [5, 5.41) is 4.56. The highest BCUT2D eigenvalue weighted by Crippen LogP contribution is 2.20. The van der Waals surface area contributed by atoms with Gasteiger partial charge in [0.25, 0.3) is 0 Å². The monoisotopic (exact) mass is 246 g/mol. The third-order valence-corrected chi connectivity index (χ3v) is 3.24. The predicted molar refractivity (Wildman–Crippen MR) is 75.8 cm³/mol. The standard InChI is InChI=1S/C15H22N2O/c1-16-12-14-7-5-6-13-8-10-17(15(13)14)9-3-4-11-18-2/h5-8,10,16H,3-4,9,11-12H2,1-2H3. The molecule has 1 N–H and O–H groups in total. The van der Waals surface area contributed by atoms with Gasteiger partial charge in [0.1, 0.15) is 0 Å². The van der Waals surface area contributed by atoms with Crippen LogP contribution in [0.2, 0.25) is 0 Å². The van der Waals surface area contributed by atoms with E-state index in [9.17, 15) is 0 Å². The predicted octanol–water partition coefficient (Wildman–Crippen LogP) is 2.79. The first-order valence-electron chi connectivity index (χ1n) is 6.57. The van der Waals surface area contributed by atoms with Gasteiger partial charge >= 0.3 is 0 Å². The van der Waals surface area contributed by atoms with Crippen molar-refractivity contribution in [1.29, 1.82) is 0 Å². The van der Waals surface area contributed by atoms with Crippen LogP contribution in [0, 0.1) is 0 Å². The molecule has 0 aliphatic heterocycles. The number of fused-ring (bicyclic) bond motifs is 1. The smallest absolute Gasteiger partial charge is 0.0525 e. The van der Waals surface area contributed by atoms with Crippen LogP contribution in [0.15, 0.2) is 30.5 Å². The number of aryl methyl sites for hydroxylation is 1. The van der Waals surface area contributed by atoms with E-state index in [1.807, 2.05) is 7.05 Å². The van der Waals surface area contributed by atoms with Crippen LogP contribution >= 0.6 is 0 Å². The molecule has 1 heterocycles. The van der Waals surface area contributed by atoms with Crippen LogP contribution in [0.5, 0.6) is 0 Å². The summed E-state index contributed by atoms with van der Waals surface area (Å²) in [6, 6.07) is 8.71. The molecule has 0 spiro atoms. The second kappa shape index (κ2) is 6.57. The fourth-order valence-electron chi connectivity index (χ4n) is 2.39. The normalized spacial score (nSPS) is 11.2. The zero-order chi connectivity index (χ0) is 12.8. The van der Waals surface area contributed by atoms with Crippen LogP contribution < -0.4 is 5.32 Å². The molecular weight excluding hydrogens is 224 g/mol. The van der Waals surface area contributed by atoms with E-state index in [1.165, 1.54) is 16.5 Å². The average molecular weight is 246 g/mol. The summed E-state index contributed by atoms with van der Waals surface area (Å²) in [4.78, 5) is 0. The molecule has 0 fully saturated rings. The fourth-order valence-corrected chi connectivity index (χ4v) is 2.39. The molecule has 0 amide bonds. The lowest BCUT2D eigenvalue weighted by molar-refractivity contribution is 0.191. The molecule has 2 rings (SSSR count). The molecule has 98 valence electrons. The minimum atomic E-state index is 0.850. The topological polar surface area (TPSA) is 26.2 Å². The minimum absolute atomic E-state index is 0.850. The van der Waals surface area contributed by atoms with Crippen LogP contribution in [-0.4, -0.2) is 25.3 Å². The zero-order valence-corrected chi connectivity index (χ0v) is 11.3. The van der Waals surface area contributed by atoms with Crippen molar-refractivity contribution in [2.45, 2.75) is 25.9 Å². The minimum Gasteiger partial charge on any atom is -0.385 e. The van der Waals surface area contributed by atoms with E-state index in [1.54, 1.807) is 7.11 Å². The van der Waals surface area contributed by atoms with Gasteiger partial charge in [-0.05, 0) is 36.9 Å². The summed E-state index contributed by atoms with van der Waals surface area (Å²) in [5.74, 6) is 0. The van der Waals surface area contributed by atoms with Gasteiger partial charge in [-0.25, -0.2) is 0 Å². The Balaban J connectivity index is 2.16. The van der Waals surface area contributed by atoms with Crippen LogP contribution in [0.25, 0.3) is 10.9 Å². The molecule has 3 heteroatoms. The Bertz CT molecular complexity index is 490. The lowest BCUT2D eigenvalue weighted by atomic mass is 10.1. The van der Waals surface area contributed by atoms with E-state index in [2.05, 4.69) is 40.3 Å². The maximum atomic E-state index is 5.09. The quantitative estimate of drug-likeness (QED) is 0.760. The summed E-state index contributed by atoms with van der Waals surface area (Å²) in [6.07, 6.45) is 4.46. The lowest BCUT2D eigenvalue weighted by Crippen LogP contribution is -2.07. The number of hydrogen-bond donors (Lipinski definition) is 1. The van der Waals surface area contributed by atoms with Crippen LogP contribution in [0.4, 0.5) is 0 Å². The molecule has 0 aliphatic carbocycles. The van der Waals surface area contributed by atoms with Gasteiger partial charge < -0.3 is 14.6 Å². The molecular formula is C15H22N2O. The first kappa shape index (κ1) is 13.1. The number of benzene rings is 1. The Labute approximate surface area is 109 Å². The van der Waals surface area contributed by atoms with Gasteiger partial charge in [-0.15, -0.1) is 0 Å². The van der Waals surface area contributed by atoms with Gasteiger partial charge in [-0.2, -0.15) is 0 Å². The number of aromatic nitrogens is 1. The molecule has 0 atom stereocenters. The molecule has 1 aromatic heterocycles. The molecule has 0 aliphatic rings. The largest absolute Gasteiger partial charge is 0.385 e. The van der Waals surface area contributed by atoms with E-state index in [4.69, 9.17) is 4.74 Å². The third kappa shape index (κ3) is 2.92. The number of ether oxygens (including phenoxy) is 1. The van der Waals surface area contributed by atoms with Crippen LogP contribution in [0.1, 0.15) is 18.4 Å². The molecule has 18 heavy (non-hydrogen) atoms. The van der Waals surface area contributed by atoms with Crippen molar-refractivity contribution in [3.8, 4) is 0 Å². The molecule has 0 bridgehead atoms. The van der Waals surface area contributed by atoms with E-state index in [-0.39, 0.29) is 0 Å². The molecule has 3 nitrogen and oxygen atoms in total. The van der Waals surface area contributed by atoms with E-state index in [0.29, 0.717) is 0 Å². The van der Waals surface area contributed by atoms with Crippen molar-refractivity contribution in [3.63, 3.8) is 0 Å². The molecule has 0 saturated carbocycles. The SMILES string of the molecule is CNCc1cccc2ccn(CCCCOC)c12. The van der Waals surface area contributed by atoms with E-state index in [0.717, 1.165) is 32.5 Å². The molecule has 2 aromatic rings. The van der Waals surface area contributed by atoms with Crippen molar-refractivity contribution in [3.05, 3.63) is 36.0 Å². The van der Waals surface area contributed by atoms with Crippen molar-refractivity contribution < 1.29 is 4.74 Å². The fraction of sp³-hybridized carbons (Fsp3) is 0.467. The third-order valence-electron chi connectivity index (χ3n) is 3.24. The van der Waals surface area contributed by atoms with Gasteiger partial charge in [-0.3, -0.25) is 0 Å². The first-order valence-corrected chi connectivity index (χ1v) is 6.57. The van der Waals surface area contributed by atoms with Crippen molar-refractivity contribution >= 4 is 10.9 Å². The number of unbranched alkanes of at least 4 members (excludes halogenated alkanes) is 1. The summed E-state index contributed by atoms with van der Waals surface area (Å²) in [5.41, 5.74) is 2.73. The molecule has 0 saturated heterocycles. The van der Waals surface area contributed by atoms with Crippen molar-refractivity contribution in [2.24, 2.45) is 0 Å². The van der Waals surface area contributed by atoms with Gasteiger partial charge in [0, 0.05) is 33.0 Å². The lowest BCUT2D eigenvalue weighted by Gasteiger charge is -2.09. The van der Waals surface area contributed by atoms with E-state index >= 15 is 0 Å². The number of nitrogens with zero attached hydrogens (tertiary/aromatic N) is 1. The maximum absolute atomic E-state index is 5.09. The van der Waals surface area contributed by atoms with Crippen LogP contribution in [0.3, 0.4) is 0 Å². The van der Waals surface area contributed by atoms with Gasteiger partial charge in [0.05, 0.1) is 5.52 Å². The Morgan fingerprint density at radius 1 is 1.22 bits per heavy atom. The first-order chi connectivity index (χ1) is 8.86. The van der Waals surface area contributed by atoms with Crippen molar-refractivity contribution in [2.75, 3.05) is 20.8 Å². The number of nitrogens with one attached hydrogen (secondary N) is 1. The summed E-state index contributed by atoms with van der Waals surface area (Å²) >= 11 is 0. The Hall–Kier alpha value is -1.32. The Morgan fingerprint density at radius 2 is 2.11 bits per heavy atom. The molecule has 0 radical (unpaired) electrons. The molecule has 1 aromatic carbocycles. The Kier molecular flexibility index (Phi) is 4.79. The highest BCUT2D eigenvalue weighted by atomic mass is 16.5. The molecule has 0 unspecified atom stereocenters. The number of para-hydroxylation sites is 1. The highest BCUT2D eigenvalue weighted by Gasteiger charge is 2.05. The number of methoxy groups -OCH3 is 1. The number of hydrogen-bond acceptors (Lipinski definition) is 2. The Morgan fingerprint density at radius 3 is 2.89 bits per heavy atom. The maximum Gasteiger partial charge on any atom is 0.0525 e. The van der Waals surface area contributed by atoms with Gasteiger partial charge in [0.2, 0.25) is 0 Å². The number of rotatable bonds is 7. The van der Waals surface area contributed by atoms with Crippen molar-refractivity contribution in [1.82, 2.24) is 9.88 Å². The zero-order valence-electron chi connectivity index (χ0n) is 11.3. The second-order valence-corrected chi connectivity index (χ2v) is 4.59. The summed E-state index contributed by atoms with van der Waals surface area (Å²) < 4.78 is 7.45. The average Bonchev–Trinajstić information content (AvgIpc) is 2.80. The van der Waals surface area contributed by atoms with Gasteiger partial charge in [-0.1, -0.05) is 18.2 Å². The second-order valence-electron chi connectivity index (χ2n) is 4.59. The van der Waals surface area contributed by atoms with Crippen LogP contribution in [-0.2, 0) is 17.8 Å². The van der Waals surface area contributed by atoms with E-state index < -0.39 is 0 Å². The van der Waals surface area contributed by atoms with Gasteiger partial charge in [0.15, 0.2) is 0 Å². The summed E-state index contributed by atoms with van der Waals surface area (Å²) in [7, 11) is 3.75. The summed E-state index contributed by atoms with van der Waals surface area (Å²) in [6.45, 7) is 2.83.